The number of benzene rings is 1. The third kappa shape index (κ3) is 4.00. The smallest absolute Gasteiger partial charge is 0.230 e. The number of rotatable bonds is 8. The van der Waals surface area contributed by atoms with Crippen LogP contribution in [0.1, 0.15) is 25.7 Å². The van der Waals surface area contributed by atoms with Crippen LogP contribution in [0.3, 0.4) is 0 Å². The van der Waals surface area contributed by atoms with Gasteiger partial charge in [0.25, 0.3) is 0 Å². The number of nitrogens with one attached hydrogen (secondary N) is 1. The number of imidazole rings is 1. The molecular weight excluding hydrogens is 334 g/mol. The number of nitrogens with zero attached hydrogens (tertiary/aromatic N) is 2. The number of ether oxygens (including phenoxy) is 1. The molecule has 1 amide bonds. The van der Waals surface area contributed by atoms with E-state index in [1.54, 1.807) is 13.3 Å². The van der Waals surface area contributed by atoms with Crippen LogP contribution in [0.4, 0.5) is 0 Å². The van der Waals surface area contributed by atoms with Gasteiger partial charge in [0.15, 0.2) is 5.16 Å². The van der Waals surface area contributed by atoms with Crippen LogP contribution >= 0.6 is 11.8 Å². The molecule has 0 aliphatic heterocycles. The summed E-state index contributed by atoms with van der Waals surface area (Å²) < 4.78 is 7.20. The minimum atomic E-state index is 0.123. The van der Waals surface area contributed by atoms with E-state index in [0.717, 1.165) is 28.4 Å². The van der Waals surface area contributed by atoms with Gasteiger partial charge in [0.05, 0.1) is 12.9 Å². The normalized spacial score (nSPS) is 16.9. The van der Waals surface area contributed by atoms with E-state index in [4.69, 9.17) is 4.74 Å². The molecular formula is C19H23N3O2S. The summed E-state index contributed by atoms with van der Waals surface area (Å²) in [6, 6.07) is 8.23. The third-order valence-electron chi connectivity index (χ3n) is 4.88. The van der Waals surface area contributed by atoms with Crippen LogP contribution in [0.5, 0.6) is 5.75 Å². The van der Waals surface area contributed by atoms with E-state index in [0.29, 0.717) is 11.8 Å². The molecule has 6 heteroatoms. The maximum Gasteiger partial charge on any atom is 0.230 e. The second-order valence-electron chi connectivity index (χ2n) is 6.83. The van der Waals surface area contributed by atoms with Crippen molar-refractivity contribution in [2.45, 2.75) is 36.9 Å². The number of aromatic nitrogens is 2. The van der Waals surface area contributed by atoms with Crippen LogP contribution < -0.4 is 10.1 Å². The fourth-order valence-electron chi connectivity index (χ4n) is 3.22. The molecule has 0 unspecified atom stereocenters. The lowest BCUT2D eigenvalue weighted by Gasteiger charge is -2.17. The van der Waals surface area contributed by atoms with Gasteiger partial charge in [0, 0.05) is 24.1 Å². The van der Waals surface area contributed by atoms with E-state index in [9.17, 15) is 4.79 Å². The van der Waals surface area contributed by atoms with Crippen molar-refractivity contribution in [2.24, 2.45) is 11.8 Å². The minimum absolute atomic E-state index is 0.123. The summed E-state index contributed by atoms with van der Waals surface area (Å²) in [5, 5.41) is 4.09. The molecule has 0 spiro atoms. The zero-order valence-corrected chi connectivity index (χ0v) is 15.2. The molecule has 5 nitrogen and oxygen atoms in total. The molecule has 1 aromatic carbocycles. The molecule has 1 heterocycles. The Hall–Kier alpha value is -1.95. The molecule has 1 aromatic heterocycles. The van der Waals surface area contributed by atoms with Crippen LogP contribution in [0.25, 0.3) is 5.69 Å². The maximum absolute atomic E-state index is 12.4. The topological polar surface area (TPSA) is 56.2 Å². The molecule has 2 aromatic rings. The van der Waals surface area contributed by atoms with E-state index in [1.807, 2.05) is 35.0 Å². The summed E-state index contributed by atoms with van der Waals surface area (Å²) in [5.74, 6) is 2.80. The van der Waals surface area contributed by atoms with Crippen LogP contribution in [-0.4, -0.2) is 34.4 Å². The zero-order chi connectivity index (χ0) is 17.2. The van der Waals surface area contributed by atoms with Gasteiger partial charge < -0.3 is 10.1 Å². The predicted molar refractivity (Wildman–Crippen MR) is 98.2 cm³/mol. The highest BCUT2D eigenvalue weighted by Gasteiger charge is 2.42. The van der Waals surface area contributed by atoms with E-state index < -0.39 is 0 Å². The average Bonchev–Trinajstić information content (AvgIpc) is 3.56. The van der Waals surface area contributed by atoms with Crippen LogP contribution in [0.15, 0.2) is 41.8 Å². The summed E-state index contributed by atoms with van der Waals surface area (Å²) in [5.41, 5.74) is 1.01. The Morgan fingerprint density at radius 2 is 1.96 bits per heavy atom. The molecule has 1 N–H and O–H groups in total. The van der Waals surface area contributed by atoms with E-state index >= 15 is 0 Å². The van der Waals surface area contributed by atoms with Crippen molar-refractivity contribution >= 4 is 17.7 Å². The fraction of sp³-hybridized carbons (Fsp3) is 0.474. The van der Waals surface area contributed by atoms with Gasteiger partial charge in [0.1, 0.15) is 5.75 Å². The summed E-state index contributed by atoms with van der Waals surface area (Å²) in [6.07, 6.45) is 8.78. The molecule has 2 aliphatic rings. The first kappa shape index (κ1) is 16.5. The Bertz CT molecular complexity index is 723. The van der Waals surface area contributed by atoms with Crippen molar-refractivity contribution < 1.29 is 9.53 Å². The number of hydrogen-bond acceptors (Lipinski definition) is 4. The lowest BCUT2D eigenvalue weighted by molar-refractivity contribution is -0.119. The number of methoxy groups -OCH3 is 1. The van der Waals surface area contributed by atoms with Crippen molar-refractivity contribution in [3.8, 4) is 11.4 Å². The summed E-state index contributed by atoms with van der Waals surface area (Å²) in [7, 11) is 1.66. The molecule has 2 aliphatic carbocycles. The van der Waals surface area contributed by atoms with Crippen LogP contribution in [0.2, 0.25) is 0 Å². The Labute approximate surface area is 152 Å². The number of amides is 1. The van der Waals surface area contributed by atoms with Gasteiger partial charge in [-0.3, -0.25) is 9.36 Å². The zero-order valence-electron chi connectivity index (χ0n) is 14.4. The van der Waals surface area contributed by atoms with Gasteiger partial charge >= 0.3 is 0 Å². The lowest BCUT2D eigenvalue weighted by atomic mass is 10.1. The Kier molecular flexibility index (Phi) is 4.70. The molecule has 0 bridgehead atoms. The quantitative estimate of drug-likeness (QED) is 0.737. The van der Waals surface area contributed by atoms with Gasteiger partial charge in [-0.05, 0) is 61.8 Å². The largest absolute Gasteiger partial charge is 0.497 e. The lowest BCUT2D eigenvalue weighted by Crippen LogP contribution is -2.39. The first-order valence-corrected chi connectivity index (χ1v) is 9.83. The summed E-state index contributed by atoms with van der Waals surface area (Å²) >= 11 is 1.48. The highest BCUT2D eigenvalue weighted by Crippen LogP contribution is 2.44. The molecule has 0 radical (unpaired) electrons. The SMILES string of the molecule is COc1ccc(-n2ccnc2SCC(=O)NC(C2CC2)C2CC2)cc1. The van der Waals surface area contributed by atoms with Crippen molar-refractivity contribution in [1.29, 1.82) is 0 Å². The van der Waals surface area contributed by atoms with E-state index in [-0.39, 0.29) is 5.91 Å². The van der Waals surface area contributed by atoms with Crippen molar-refractivity contribution in [3.05, 3.63) is 36.7 Å². The second-order valence-corrected chi connectivity index (χ2v) is 7.78. The fourth-order valence-corrected chi connectivity index (χ4v) is 4.01. The van der Waals surface area contributed by atoms with Crippen molar-refractivity contribution in [2.75, 3.05) is 12.9 Å². The molecule has 132 valence electrons. The molecule has 4 rings (SSSR count). The van der Waals surface area contributed by atoms with E-state index in [1.165, 1.54) is 37.4 Å². The predicted octanol–water partition coefficient (Wildman–Crippen LogP) is 3.28. The monoisotopic (exact) mass is 357 g/mol. The van der Waals surface area contributed by atoms with Gasteiger partial charge in [-0.2, -0.15) is 0 Å². The van der Waals surface area contributed by atoms with Gasteiger partial charge in [-0.25, -0.2) is 4.98 Å². The van der Waals surface area contributed by atoms with Crippen LogP contribution in [-0.2, 0) is 4.79 Å². The number of hydrogen-bond donors (Lipinski definition) is 1. The highest BCUT2D eigenvalue weighted by molar-refractivity contribution is 7.99. The number of carbonyl (C=O) groups excluding carboxylic acids is 1. The average molecular weight is 357 g/mol. The maximum atomic E-state index is 12.4. The molecule has 0 atom stereocenters. The second kappa shape index (κ2) is 7.12. The number of carbonyl (C=O) groups is 1. The first-order chi connectivity index (χ1) is 12.2. The van der Waals surface area contributed by atoms with Gasteiger partial charge in [-0.15, -0.1) is 0 Å². The Balaban J connectivity index is 1.36. The molecule has 25 heavy (non-hydrogen) atoms. The van der Waals surface area contributed by atoms with E-state index in [2.05, 4.69) is 10.3 Å². The molecule has 0 saturated heterocycles. The van der Waals surface area contributed by atoms with Crippen LogP contribution in [0, 0.1) is 11.8 Å². The van der Waals surface area contributed by atoms with Gasteiger partial charge in [-0.1, -0.05) is 11.8 Å². The summed E-state index contributed by atoms with van der Waals surface area (Å²) in [6.45, 7) is 0. The standard InChI is InChI=1S/C19H23N3O2S/c1-24-16-8-6-15(7-9-16)22-11-10-20-19(22)25-12-17(23)21-18(13-2-3-13)14-4-5-14/h6-11,13-14,18H,2-5,12H2,1H3,(H,21,23). The summed E-state index contributed by atoms with van der Waals surface area (Å²) in [4.78, 5) is 16.8. The minimum Gasteiger partial charge on any atom is -0.497 e. The first-order valence-electron chi connectivity index (χ1n) is 8.84. The van der Waals surface area contributed by atoms with Crippen molar-refractivity contribution in [1.82, 2.24) is 14.9 Å². The molecule has 2 saturated carbocycles. The molecule has 2 fully saturated rings. The van der Waals surface area contributed by atoms with Gasteiger partial charge in [0.2, 0.25) is 5.91 Å². The Morgan fingerprint density at radius 1 is 1.28 bits per heavy atom. The van der Waals surface area contributed by atoms with Crippen molar-refractivity contribution in [3.63, 3.8) is 0 Å². The number of thioether (sulfide) groups is 1. The third-order valence-corrected chi connectivity index (χ3v) is 5.84. The Morgan fingerprint density at radius 3 is 2.56 bits per heavy atom. The highest BCUT2D eigenvalue weighted by atomic mass is 32.2.